The van der Waals surface area contributed by atoms with Crippen LogP contribution in [0.4, 0.5) is 0 Å². The van der Waals surface area contributed by atoms with E-state index in [9.17, 15) is 0 Å². The third-order valence-corrected chi connectivity index (χ3v) is 2.50. The molecule has 0 atom stereocenters. The van der Waals surface area contributed by atoms with Gasteiger partial charge < -0.3 is 24.8 Å². The van der Waals surface area contributed by atoms with E-state index in [1.807, 2.05) is 0 Å². The smallest absolute Gasteiger partial charge is 1.00 e. The standard InChI is InChI=1S/C13H9.2ClH.Zr/c1-2-5-11-9-13-7-3-6-12(13)8-10(11)4-1;;;/h1-9H;2*1H;/q-1;;;+3/p-2. The van der Waals surface area contributed by atoms with Crippen molar-refractivity contribution in [2.75, 3.05) is 0 Å². The van der Waals surface area contributed by atoms with Gasteiger partial charge in [-0.3, -0.25) is 0 Å². The van der Waals surface area contributed by atoms with E-state index in [0.29, 0.717) is 0 Å². The minimum atomic E-state index is 0. The van der Waals surface area contributed by atoms with Gasteiger partial charge in [-0.05, 0) is 5.39 Å². The van der Waals surface area contributed by atoms with Crippen LogP contribution in [-0.2, 0) is 26.2 Å². The molecule has 16 heavy (non-hydrogen) atoms. The molecule has 79 valence electrons. The summed E-state index contributed by atoms with van der Waals surface area (Å²) in [5, 5.41) is 5.31. The van der Waals surface area contributed by atoms with Gasteiger partial charge >= 0.3 is 26.2 Å². The van der Waals surface area contributed by atoms with E-state index < -0.39 is 0 Å². The van der Waals surface area contributed by atoms with Crippen molar-refractivity contribution in [3.05, 3.63) is 54.6 Å². The maximum atomic E-state index is 2.24. The van der Waals surface area contributed by atoms with Gasteiger partial charge in [0.25, 0.3) is 0 Å². The van der Waals surface area contributed by atoms with Crippen LogP contribution >= 0.6 is 0 Å². The molecular formula is C13H9Cl2Zr. The number of hydrogen-bond donors (Lipinski definition) is 0. The van der Waals surface area contributed by atoms with Crippen molar-refractivity contribution in [2.45, 2.75) is 0 Å². The summed E-state index contributed by atoms with van der Waals surface area (Å²) in [4.78, 5) is 0. The summed E-state index contributed by atoms with van der Waals surface area (Å²) in [6.45, 7) is 0. The van der Waals surface area contributed by atoms with E-state index in [1.54, 1.807) is 0 Å². The van der Waals surface area contributed by atoms with Crippen molar-refractivity contribution in [3.63, 3.8) is 0 Å². The first-order valence-electron chi connectivity index (χ1n) is 4.48. The Hall–Kier alpha value is -0.227. The Balaban J connectivity index is 0.000000750. The first-order chi connectivity index (χ1) is 6.43. The predicted octanol–water partition coefficient (Wildman–Crippen LogP) is -2.28. The summed E-state index contributed by atoms with van der Waals surface area (Å²) < 4.78 is 0. The first kappa shape index (κ1) is 15.8. The maximum absolute atomic E-state index is 2.24. The molecular weight excluding hydrogens is 318 g/mol. The van der Waals surface area contributed by atoms with Gasteiger partial charge in [0.1, 0.15) is 0 Å². The molecule has 0 spiro atoms. The minimum Gasteiger partial charge on any atom is -1.00 e. The van der Waals surface area contributed by atoms with Crippen molar-refractivity contribution in [1.82, 2.24) is 0 Å². The van der Waals surface area contributed by atoms with Gasteiger partial charge in [0, 0.05) is 0 Å². The molecule has 3 aromatic rings. The molecule has 0 saturated carbocycles. The third-order valence-electron chi connectivity index (χ3n) is 2.50. The zero-order valence-corrected chi connectivity index (χ0v) is 12.4. The first-order valence-corrected chi connectivity index (χ1v) is 4.48. The molecule has 0 heterocycles. The van der Waals surface area contributed by atoms with Gasteiger partial charge in [-0.2, -0.15) is 12.1 Å². The fourth-order valence-corrected chi connectivity index (χ4v) is 1.82. The second-order valence-electron chi connectivity index (χ2n) is 3.35. The van der Waals surface area contributed by atoms with Crippen molar-refractivity contribution < 1.29 is 51.0 Å². The molecule has 0 aliphatic heterocycles. The predicted molar refractivity (Wildman–Crippen MR) is 57.0 cm³/mol. The Labute approximate surface area is 126 Å². The largest absolute Gasteiger partial charge is 3.00 e. The van der Waals surface area contributed by atoms with Crippen LogP contribution in [0, 0.1) is 0 Å². The second kappa shape index (κ2) is 6.49. The number of benzene rings is 2. The summed E-state index contributed by atoms with van der Waals surface area (Å²) in [6, 6.07) is 19.4. The molecule has 0 aliphatic carbocycles. The average Bonchev–Trinajstić information content (AvgIpc) is 2.61. The molecule has 0 nitrogen and oxygen atoms in total. The summed E-state index contributed by atoms with van der Waals surface area (Å²) in [7, 11) is 0. The molecule has 0 saturated heterocycles. The third kappa shape index (κ3) is 2.71. The van der Waals surface area contributed by atoms with Crippen molar-refractivity contribution in [3.8, 4) is 0 Å². The molecule has 3 aromatic carbocycles. The number of fused-ring (bicyclic) bond motifs is 2. The molecule has 0 aliphatic rings. The Morgan fingerprint density at radius 2 is 1.38 bits per heavy atom. The van der Waals surface area contributed by atoms with Crippen molar-refractivity contribution in [2.24, 2.45) is 0 Å². The summed E-state index contributed by atoms with van der Waals surface area (Å²) >= 11 is 0. The number of rotatable bonds is 0. The van der Waals surface area contributed by atoms with E-state index in [-0.39, 0.29) is 51.0 Å². The molecule has 3 heteroatoms. The number of halogens is 2. The fourth-order valence-electron chi connectivity index (χ4n) is 1.82. The SMILES string of the molecule is [Cl-].[Cl-].[Zr+3].c1ccc2cc3[cH-]ccc3cc2c1. The van der Waals surface area contributed by atoms with Crippen molar-refractivity contribution in [1.29, 1.82) is 0 Å². The molecule has 0 unspecified atom stereocenters. The van der Waals surface area contributed by atoms with Gasteiger partial charge in [-0.15, -0.1) is 22.9 Å². The van der Waals surface area contributed by atoms with E-state index in [4.69, 9.17) is 0 Å². The Kier molecular flexibility index (Phi) is 6.40. The van der Waals surface area contributed by atoms with Gasteiger partial charge in [0.05, 0.1) is 0 Å². The van der Waals surface area contributed by atoms with Crippen LogP contribution < -0.4 is 24.8 Å². The van der Waals surface area contributed by atoms with Gasteiger partial charge in [-0.25, -0.2) is 0 Å². The molecule has 0 amide bonds. The van der Waals surface area contributed by atoms with E-state index >= 15 is 0 Å². The molecule has 3 rings (SSSR count). The Bertz CT molecular complexity index is 522. The minimum absolute atomic E-state index is 0. The summed E-state index contributed by atoms with van der Waals surface area (Å²) in [5.74, 6) is 0. The molecule has 1 radical (unpaired) electrons. The van der Waals surface area contributed by atoms with Crippen molar-refractivity contribution >= 4 is 21.5 Å². The number of hydrogen-bond acceptors (Lipinski definition) is 0. The monoisotopic (exact) mass is 325 g/mol. The van der Waals surface area contributed by atoms with Crippen LogP contribution in [0.1, 0.15) is 0 Å². The van der Waals surface area contributed by atoms with Crippen LogP contribution in [0.3, 0.4) is 0 Å². The second-order valence-corrected chi connectivity index (χ2v) is 3.35. The van der Waals surface area contributed by atoms with Crippen LogP contribution in [0.2, 0.25) is 0 Å². The van der Waals surface area contributed by atoms with Crippen LogP contribution in [0.5, 0.6) is 0 Å². The van der Waals surface area contributed by atoms with Crippen LogP contribution in [-0.4, -0.2) is 0 Å². The zero-order valence-electron chi connectivity index (χ0n) is 8.45. The van der Waals surface area contributed by atoms with E-state index in [2.05, 4.69) is 54.6 Å². The molecule has 0 N–H and O–H groups in total. The quantitative estimate of drug-likeness (QED) is 0.408. The molecule has 0 aromatic heterocycles. The Morgan fingerprint density at radius 3 is 2.06 bits per heavy atom. The average molecular weight is 327 g/mol. The Morgan fingerprint density at radius 1 is 0.750 bits per heavy atom. The van der Waals surface area contributed by atoms with Gasteiger partial charge in [-0.1, -0.05) is 35.7 Å². The van der Waals surface area contributed by atoms with Gasteiger partial charge in [0.15, 0.2) is 0 Å². The summed E-state index contributed by atoms with van der Waals surface area (Å²) in [6.07, 6.45) is 0. The summed E-state index contributed by atoms with van der Waals surface area (Å²) in [5.41, 5.74) is 0. The van der Waals surface area contributed by atoms with Crippen LogP contribution in [0.25, 0.3) is 21.5 Å². The van der Waals surface area contributed by atoms with E-state index in [0.717, 1.165) is 0 Å². The van der Waals surface area contributed by atoms with Gasteiger partial charge in [0.2, 0.25) is 0 Å². The zero-order chi connectivity index (χ0) is 8.67. The fraction of sp³-hybridized carbons (Fsp3) is 0. The molecule has 0 bridgehead atoms. The van der Waals surface area contributed by atoms with Crippen LogP contribution in [0.15, 0.2) is 54.6 Å². The molecule has 0 fully saturated rings. The maximum Gasteiger partial charge on any atom is 3.00 e. The topological polar surface area (TPSA) is 0 Å². The van der Waals surface area contributed by atoms with E-state index in [1.165, 1.54) is 21.5 Å². The normalized spacial score (nSPS) is 9.00.